The zero-order chi connectivity index (χ0) is 20.1. The number of rotatable bonds is 8. The van der Waals surface area contributed by atoms with E-state index in [9.17, 15) is 4.79 Å². The molecule has 2 N–H and O–H groups in total. The Morgan fingerprint density at radius 2 is 1.93 bits per heavy atom. The molecular weight excluding hydrogens is 370 g/mol. The molecule has 0 bridgehead atoms. The first kappa shape index (κ1) is 20.4. The van der Waals surface area contributed by atoms with E-state index in [1.54, 1.807) is 7.05 Å². The van der Waals surface area contributed by atoms with Gasteiger partial charge in [-0.25, -0.2) is 9.67 Å². The number of aryl methyl sites for hydroxylation is 2. The standard InChI is InChI=1S/C21H27N5OS/c1-15-16(2)24-25(3)21(27)19(15)20-23-18(14-28-20)13-26(12-10-22)11-9-17-7-5-4-6-8-17/h4-8,14H,9-13,22H2,1-3H3. The minimum absolute atomic E-state index is 0.105. The topological polar surface area (TPSA) is 77.0 Å². The minimum atomic E-state index is -0.105. The zero-order valence-electron chi connectivity index (χ0n) is 16.7. The Balaban J connectivity index is 1.76. The first-order valence-corrected chi connectivity index (χ1v) is 10.3. The third-order valence-corrected chi connectivity index (χ3v) is 5.79. The Morgan fingerprint density at radius 1 is 1.18 bits per heavy atom. The molecule has 2 aromatic heterocycles. The molecule has 28 heavy (non-hydrogen) atoms. The quantitative estimate of drug-likeness (QED) is 0.632. The molecule has 1 aromatic carbocycles. The Morgan fingerprint density at radius 3 is 2.64 bits per heavy atom. The molecule has 3 aromatic rings. The smallest absolute Gasteiger partial charge is 0.277 e. The van der Waals surface area contributed by atoms with E-state index in [4.69, 9.17) is 10.7 Å². The molecule has 0 spiro atoms. The molecular formula is C21H27N5OS. The summed E-state index contributed by atoms with van der Waals surface area (Å²) in [6, 6.07) is 10.5. The van der Waals surface area contributed by atoms with Crippen molar-refractivity contribution < 1.29 is 0 Å². The van der Waals surface area contributed by atoms with Crippen LogP contribution in [0.3, 0.4) is 0 Å². The molecule has 0 aliphatic rings. The molecule has 0 aliphatic heterocycles. The third-order valence-electron chi connectivity index (χ3n) is 4.88. The van der Waals surface area contributed by atoms with Gasteiger partial charge in [-0.2, -0.15) is 5.10 Å². The van der Waals surface area contributed by atoms with Crippen molar-refractivity contribution in [1.29, 1.82) is 0 Å². The number of nitrogens with zero attached hydrogens (tertiary/aromatic N) is 4. The van der Waals surface area contributed by atoms with Crippen molar-refractivity contribution in [3.05, 3.63) is 68.6 Å². The lowest BCUT2D eigenvalue weighted by Crippen LogP contribution is -2.31. The van der Waals surface area contributed by atoms with Crippen LogP contribution in [0.4, 0.5) is 0 Å². The van der Waals surface area contributed by atoms with Crippen molar-refractivity contribution in [1.82, 2.24) is 19.7 Å². The van der Waals surface area contributed by atoms with E-state index < -0.39 is 0 Å². The Labute approximate surface area is 169 Å². The lowest BCUT2D eigenvalue weighted by atomic mass is 10.1. The highest BCUT2D eigenvalue weighted by Gasteiger charge is 2.17. The van der Waals surface area contributed by atoms with Gasteiger partial charge in [0.1, 0.15) is 5.01 Å². The maximum absolute atomic E-state index is 12.6. The summed E-state index contributed by atoms with van der Waals surface area (Å²) in [7, 11) is 1.68. The van der Waals surface area contributed by atoms with Gasteiger partial charge in [-0.3, -0.25) is 9.69 Å². The molecule has 0 amide bonds. The molecule has 2 heterocycles. The normalized spacial score (nSPS) is 11.3. The first-order valence-electron chi connectivity index (χ1n) is 9.45. The SMILES string of the molecule is Cc1nn(C)c(=O)c(-c2nc(CN(CCN)CCc3ccccc3)cs2)c1C. The van der Waals surface area contributed by atoms with E-state index in [-0.39, 0.29) is 5.56 Å². The average Bonchev–Trinajstić information content (AvgIpc) is 3.14. The van der Waals surface area contributed by atoms with Gasteiger partial charge in [0.05, 0.1) is 17.0 Å². The summed E-state index contributed by atoms with van der Waals surface area (Å²) in [4.78, 5) is 19.6. The Kier molecular flexibility index (Phi) is 6.72. The van der Waals surface area contributed by atoms with Crippen LogP contribution >= 0.6 is 11.3 Å². The first-order chi connectivity index (χ1) is 13.5. The van der Waals surface area contributed by atoms with E-state index in [2.05, 4.69) is 34.3 Å². The average molecular weight is 398 g/mol. The van der Waals surface area contributed by atoms with Gasteiger partial charge in [0.25, 0.3) is 5.56 Å². The summed E-state index contributed by atoms with van der Waals surface area (Å²) >= 11 is 1.51. The number of thiazole rings is 1. The van der Waals surface area contributed by atoms with Crippen molar-refractivity contribution >= 4 is 11.3 Å². The number of hydrogen-bond acceptors (Lipinski definition) is 6. The fraction of sp³-hybridized carbons (Fsp3) is 0.381. The Bertz CT molecular complexity index is 980. The van der Waals surface area contributed by atoms with Crippen LogP contribution in [0.2, 0.25) is 0 Å². The number of nitrogens with two attached hydrogens (primary N) is 1. The second kappa shape index (κ2) is 9.23. The van der Waals surface area contributed by atoms with Crippen LogP contribution in [0.15, 0.2) is 40.5 Å². The fourth-order valence-corrected chi connectivity index (χ4v) is 4.11. The van der Waals surface area contributed by atoms with E-state index in [1.807, 2.05) is 25.3 Å². The van der Waals surface area contributed by atoms with Crippen molar-refractivity contribution in [2.24, 2.45) is 12.8 Å². The summed E-state index contributed by atoms with van der Waals surface area (Å²) in [5, 5.41) is 7.05. The molecule has 148 valence electrons. The molecule has 0 saturated heterocycles. The van der Waals surface area contributed by atoms with Crippen LogP contribution in [0.25, 0.3) is 10.6 Å². The largest absolute Gasteiger partial charge is 0.329 e. The number of aromatic nitrogens is 3. The summed E-state index contributed by atoms with van der Waals surface area (Å²) in [6.45, 7) is 6.91. The lowest BCUT2D eigenvalue weighted by Gasteiger charge is -2.20. The molecule has 0 atom stereocenters. The van der Waals surface area contributed by atoms with Gasteiger partial charge in [0.15, 0.2) is 0 Å². The van der Waals surface area contributed by atoms with Gasteiger partial charge in [0.2, 0.25) is 0 Å². The van der Waals surface area contributed by atoms with Crippen LogP contribution < -0.4 is 11.3 Å². The molecule has 7 heteroatoms. The van der Waals surface area contributed by atoms with Crippen molar-refractivity contribution in [2.45, 2.75) is 26.8 Å². The van der Waals surface area contributed by atoms with E-state index in [0.717, 1.165) is 48.0 Å². The van der Waals surface area contributed by atoms with Gasteiger partial charge < -0.3 is 5.73 Å². The fourth-order valence-electron chi connectivity index (χ4n) is 3.21. The van der Waals surface area contributed by atoms with Gasteiger partial charge in [-0.1, -0.05) is 30.3 Å². The highest BCUT2D eigenvalue weighted by atomic mass is 32.1. The Hall–Kier alpha value is -2.35. The zero-order valence-corrected chi connectivity index (χ0v) is 17.5. The van der Waals surface area contributed by atoms with Crippen LogP contribution in [0.5, 0.6) is 0 Å². The molecule has 6 nitrogen and oxygen atoms in total. The van der Waals surface area contributed by atoms with E-state index in [0.29, 0.717) is 12.1 Å². The molecule has 0 aliphatic carbocycles. The van der Waals surface area contributed by atoms with Gasteiger partial charge >= 0.3 is 0 Å². The maximum Gasteiger partial charge on any atom is 0.277 e. The van der Waals surface area contributed by atoms with Gasteiger partial charge in [0, 0.05) is 38.6 Å². The minimum Gasteiger partial charge on any atom is -0.329 e. The summed E-state index contributed by atoms with van der Waals surface area (Å²) in [6.07, 6.45) is 0.973. The molecule has 0 saturated carbocycles. The van der Waals surface area contributed by atoms with Crippen LogP contribution in [-0.2, 0) is 20.0 Å². The van der Waals surface area contributed by atoms with Crippen molar-refractivity contribution in [2.75, 3.05) is 19.6 Å². The van der Waals surface area contributed by atoms with Crippen LogP contribution in [0.1, 0.15) is 22.5 Å². The predicted octanol–water partition coefficient (Wildman–Crippen LogP) is 2.52. The summed E-state index contributed by atoms with van der Waals surface area (Å²) < 4.78 is 1.39. The van der Waals surface area contributed by atoms with E-state index >= 15 is 0 Å². The maximum atomic E-state index is 12.6. The lowest BCUT2D eigenvalue weighted by molar-refractivity contribution is 0.274. The second-order valence-corrected chi connectivity index (χ2v) is 7.82. The monoisotopic (exact) mass is 397 g/mol. The highest BCUT2D eigenvalue weighted by Crippen LogP contribution is 2.25. The van der Waals surface area contributed by atoms with Crippen molar-refractivity contribution in [3.63, 3.8) is 0 Å². The molecule has 0 fully saturated rings. The van der Waals surface area contributed by atoms with Crippen LogP contribution in [0, 0.1) is 13.8 Å². The number of hydrogen-bond donors (Lipinski definition) is 1. The van der Waals surface area contributed by atoms with Crippen molar-refractivity contribution in [3.8, 4) is 10.6 Å². The number of benzene rings is 1. The van der Waals surface area contributed by atoms with Gasteiger partial charge in [-0.15, -0.1) is 11.3 Å². The van der Waals surface area contributed by atoms with Gasteiger partial charge in [-0.05, 0) is 31.4 Å². The predicted molar refractivity (Wildman–Crippen MR) is 115 cm³/mol. The molecule has 3 rings (SSSR count). The van der Waals surface area contributed by atoms with Crippen LogP contribution in [-0.4, -0.2) is 39.3 Å². The highest BCUT2D eigenvalue weighted by molar-refractivity contribution is 7.13. The summed E-state index contributed by atoms with van der Waals surface area (Å²) in [5.41, 5.74) is 10.4. The molecule has 0 radical (unpaired) electrons. The second-order valence-electron chi connectivity index (χ2n) is 6.96. The summed E-state index contributed by atoms with van der Waals surface area (Å²) in [5.74, 6) is 0. The molecule has 0 unspecified atom stereocenters. The van der Waals surface area contributed by atoms with E-state index in [1.165, 1.54) is 21.6 Å². The third kappa shape index (κ3) is 4.73.